The molecule has 1 saturated heterocycles. The molecular formula is C37H46ClN5O4. The van der Waals surface area contributed by atoms with Crippen LogP contribution in [0.5, 0.6) is 11.5 Å². The van der Waals surface area contributed by atoms with E-state index < -0.39 is 0 Å². The van der Waals surface area contributed by atoms with Gasteiger partial charge in [0.25, 0.3) is 0 Å². The number of rotatable bonds is 9. The van der Waals surface area contributed by atoms with Crippen LogP contribution in [-0.4, -0.2) is 86.1 Å². The molecule has 2 aliphatic heterocycles. The Bertz CT molecular complexity index is 1570. The van der Waals surface area contributed by atoms with E-state index in [9.17, 15) is 9.59 Å². The van der Waals surface area contributed by atoms with Crippen LogP contribution in [0.2, 0.25) is 5.02 Å². The molecule has 2 fully saturated rings. The summed E-state index contributed by atoms with van der Waals surface area (Å²) in [5, 5.41) is 0.637. The number of amides is 2. The van der Waals surface area contributed by atoms with Crippen molar-refractivity contribution in [3.05, 3.63) is 76.4 Å². The van der Waals surface area contributed by atoms with Crippen molar-refractivity contribution in [2.75, 3.05) is 57.2 Å². The lowest BCUT2D eigenvalue weighted by Gasteiger charge is -2.41. The van der Waals surface area contributed by atoms with Crippen LogP contribution in [-0.2, 0) is 16.0 Å². The Morgan fingerprint density at radius 1 is 0.979 bits per heavy atom. The summed E-state index contributed by atoms with van der Waals surface area (Å²) in [5.74, 6) is 2.94. The quantitative estimate of drug-likeness (QED) is 0.280. The minimum Gasteiger partial charge on any atom is -0.493 e. The van der Waals surface area contributed by atoms with Crippen molar-refractivity contribution in [3.8, 4) is 11.5 Å². The number of carbonyl (C=O) groups excluding carboxylic acids is 2. The average Bonchev–Trinajstić information content (AvgIpc) is 3.06. The fraction of sp³-hybridized carbons (Fsp3) is 0.486. The Morgan fingerprint density at radius 3 is 2.36 bits per heavy atom. The third-order valence-electron chi connectivity index (χ3n) is 9.89. The predicted octanol–water partition coefficient (Wildman–Crippen LogP) is 5.98. The largest absolute Gasteiger partial charge is 0.493 e. The topological polar surface area (TPSA) is 78.5 Å². The van der Waals surface area contributed by atoms with Crippen molar-refractivity contribution in [2.24, 2.45) is 5.92 Å². The van der Waals surface area contributed by atoms with Gasteiger partial charge in [-0.1, -0.05) is 23.7 Å². The highest BCUT2D eigenvalue weighted by molar-refractivity contribution is 6.30. The second kappa shape index (κ2) is 14.1. The Kier molecular flexibility index (Phi) is 9.94. The van der Waals surface area contributed by atoms with E-state index in [1.165, 1.54) is 0 Å². The van der Waals surface area contributed by atoms with E-state index >= 15 is 0 Å². The fourth-order valence-electron chi connectivity index (χ4n) is 7.34. The molecule has 250 valence electrons. The molecule has 2 amide bonds. The summed E-state index contributed by atoms with van der Waals surface area (Å²) < 4.78 is 11.8. The summed E-state index contributed by atoms with van der Waals surface area (Å²) in [7, 11) is 5.61. The van der Waals surface area contributed by atoms with Crippen LogP contribution in [0.4, 0.5) is 11.5 Å². The van der Waals surface area contributed by atoms with Gasteiger partial charge < -0.3 is 19.3 Å². The van der Waals surface area contributed by atoms with Gasteiger partial charge in [0.2, 0.25) is 11.8 Å². The lowest BCUT2D eigenvalue weighted by Crippen LogP contribution is -2.53. The monoisotopic (exact) mass is 659 g/mol. The predicted molar refractivity (Wildman–Crippen MR) is 186 cm³/mol. The summed E-state index contributed by atoms with van der Waals surface area (Å²) in [4.78, 5) is 39.3. The molecule has 0 radical (unpaired) electrons. The standard InChI is InChI=1S/C37H46ClN5O4/c1-24(2)47-33-20-31-27(18-32(33)46-5)19-35(44)43(37(31)26-8-10-28(38)11-9-26)30-14-15-34(39-21-30)41(4)22-25-6-12-29(13-7-25)42-17-16-40(3)36(45)23-42/h8-11,14-15,18,20-21,24-25,29,37H,6-7,12-13,16-17,19,22-23H2,1-5H3/t25-,29-,37?. The molecule has 3 aromatic rings. The van der Waals surface area contributed by atoms with E-state index in [0.29, 0.717) is 35.0 Å². The number of methoxy groups -OCH3 is 1. The average molecular weight is 660 g/mol. The van der Waals surface area contributed by atoms with Gasteiger partial charge in [-0.25, -0.2) is 4.98 Å². The maximum atomic E-state index is 13.9. The molecule has 10 heteroatoms. The SMILES string of the molecule is COc1cc2c(cc1OC(C)C)C(c1ccc(Cl)cc1)N(c1ccc(N(C)C[C@H]3CC[C@H](N4CCN(C)C(=O)C4)CC3)nc1)C(=O)C2. The van der Waals surface area contributed by atoms with Crippen LogP contribution in [0, 0.1) is 5.92 Å². The molecule has 1 aliphatic carbocycles. The first-order valence-electron chi connectivity index (χ1n) is 16.7. The molecule has 1 aromatic heterocycles. The minimum absolute atomic E-state index is 0.0151. The van der Waals surface area contributed by atoms with Crippen LogP contribution in [0.1, 0.15) is 62.3 Å². The van der Waals surface area contributed by atoms with Crippen molar-refractivity contribution < 1.29 is 19.1 Å². The molecule has 9 nitrogen and oxygen atoms in total. The first kappa shape index (κ1) is 33.1. The Labute approximate surface area is 283 Å². The van der Waals surface area contributed by atoms with Crippen LogP contribution in [0.3, 0.4) is 0 Å². The zero-order chi connectivity index (χ0) is 33.2. The number of likely N-dealkylation sites (N-methyl/N-ethyl adjacent to an activating group) is 1. The van der Waals surface area contributed by atoms with E-state index in [-0.39, 0.29) is 30.4 Å². The number of halogens is 1. The Morgan fingerprint density at radius 2 is 1.72 bits per heavy atom. The van der Waals surface area contributed by atoms with Gasteiger partial charge >= 0.3 is 0 Å². The summed E-state index contributed by atoms with van der Waals surface area (Å²) >= 11 is 6.28. The molecule has 0 bridgehead atoms. The fourth-order valence-corrected chi connectivity index (χ4v) is 7.46. The molecule has 6 rings (SSSR count). The maximum absolute atomic E-state index is 13.9. The van der Waals surface area contributed by atoms with Crippen molar-refractivity contribution >= 4 is 34.9 Å². The number of hydrogen-bond donors (Lipinski definition) is 0. The number of hydrogen-bond acceptors (Lipinski definition) is 7. The van der Waals surface area contributed by atoms with Crippen LogP contribution in [0.25, 0.3) is 0 Å². The number of carbonyl (C=O) groups is 2. The first-order chi connectivity index (χ1) is 22.6. The molecule has 1 atom stereocenters. The number of piperazine rings is 1. The van der Waals surface area contributed by atoms with Gasteiger partial charge in [-0.05, 0) is 98.5 Å². The summed E-state index contributed by atoms with van der Waals surface area (Å²) in [6.45, 7) is 7.23. The van der Waals surface area contributed by atoms with E-state index in [2.05, 4.69) is 16.8 Å². The first-order valence-corrected chi connectivity index (χ1v) is 17.1. The van der Waals surface area contributed by atoms with Crippen LogP contribution >= 0.6 is 11.6 Å². The number of benzene rings is 2. The van der Waals surface area contributed by atoms with E-state index in [1.807, 2.05) is 85.4 Å². The highest BCUT2D eigenvalue weighted by Crippen LogP contribution is 2.44. The van der Waals surface area contributed by atoms with Gasteiger partial charge in [-0.3, -0.25) is 19.4 Å². The van der Waals surface area contributed by atoms with Crippen LogP contribution in [0.15, 0.2) is 54.7 Å². The molecular weight excluding hydrogens is 614 g/mol. The lowest BCUT2D eigenvalue weighted by molar-refractivity contribution is -0.135. The van der Waals surface area contributed by atoms with E-state index in [1.54, 1.807) is 7.11 Å². The number of nitrogens with zero attached hydrogens (tertiary/aromatic N) is 5. The number of pyridine rings is 1. The smallest absolute Gasteiger partial charge is 0.236 e. The van der Waals surface area contributed by atoms with Crippen molar-refractivity contribution in [1.82, 2.24) is 14.8 Å². The van der Waals surface area contributed by atoms with E-state index in [0.717, 1.165) is 73.5 Å². The zero-order valence-electron chi connectivity index (χ0n) is 28.1. The Hall–Kier alpha value is -3.82. The van der Waals surface area contributed by atoms with Gasteiger partial charge in [-0.15, -0.1) is 0 Å². The maximum Gasteiger partial charge on any atom is 0.236 e. The molecule has 2 aromatic carbocycles. The highest BCUT2D eigenvalue weighted by atomic mass is 35.5. The van der Waals surface area contributed by atoms with Crippen molar-refractivity contribution in [1.29, 1.82) is 0 Å². The number of anilines is 2. The van der Waals surface area contributed by atoms with Crippen molar-refractivity contribution in [3.63, 3.8) is 0 Å². The molecule has 0 N–H and O–H groups in total. The Balaban J connectivity index is 1.19. The molecule has 1 unspecified atom stereocenters. The van der Waals surface area contributed by atoms with Crippen molar-refractivity contribution in [2.45, 2.75) is 64.1 Å². The van der Waals surface area contributed by atoms with Crippen LogP contribution < -0.4 is 19.3 Å². The molecule has 3 heterocycles. The van der Waals surface area contributed by atoms with E-state index in [4.69, 9.17) is 26.1 Å². The normalized spacial score (nSPS) is 22.0. The summed E-state index contributed by atoms with van der Waals surface area (Å²) in [6, 6.07) is 15.7. The highest BCUT2D eigenvalue weighted by Gasteiger charge is 2.37. The second-order valence-electron chi connectivity index (χ2n) is 13.5. The van der Waals surface area contributed by atoms with Gasteiger partial charge in [-0.2, -0.15) is 0 Å². The molecule has 3 aliphatic rings. The summed E-state index contributed by atoms with van der Waals surface area (Å²) in [6.07, 6.45) is 6.56. The molecule has 47 heavy (non-hydrogen) atoms. The number of fused-ring (bicyclic) bond motifs is 1. The lowest BCUT2D eigenvalue weighted by atomic mass is 9.84. The third kappa shape index (κ3) is 7.21. The van der Waals surface area contributed by atoms with Gasteiger partial charge in [0.05, 0.1) is 44.1 Å². The zero-order valence-corrected chi connectivity index (χ0v) is 28.9. The van der Waals surface area contributed by atoms with Gasteiger partial charge in [0.1, 0.15) is 5.82 Å². The summed E-state index contributed by atoms with van der Waals surface area (Å²) in [5.41, 5.74) is 3.59. The second-order valence-corrected chi connectivity index (χ2v) is 13.9. The third-order valence-corrected chi connectivity index (χ3v) is 10.1. The molecule has 0 spiro atoms. The van der Waals surface area contributed by atoms with Gasteiger partial charge in [0, 0.05) is 44.8 Å². The molecule has 1 saturated carbocycles. The van der Waals surface area contributed by atoms with Gasteiger partial charge in [0.15, 0.2) is 11.5 Å². The minimum atomic E-state index is -0.389. The number of ether oxygens (including phenoxy) is 2. The number of aromatic nitrogens is 1.